The van der Waals surface area contributed by atoms with Gasteiger partial charge in [0.05, 0.1) is 14.2 Å². The summed E-state index contributed by atoms with van der Waals surface area (Å²) in [5, 5.41) is 0. The highest BCUT2D eigenvalue weighted by molar-refractivity contribution is 5.89. The van der Waals surface area contributed by atoms with E-state index in [4.69, 9.17) is 9.47 Å². The van der Waals surface area contributed by atoms with Crippen LogP contribution >= 0.6 is 0 Å². The molecular formula is C20H17O2. The average Bonchev–Trinajstić information content (AvgIpc) is 2.61. The van der Waals surface area contributed by atoms with Crippen LogP contribution in [0.25, 0.3) is 22.3 Å². The van der Waals surface area contributed by atoms with Gasteiger partial charge in [0, 0.05) is 17.2 Å². The summed E-state index contributed by atoms with van der Waals surface area (Å²) in [6, 6.07) is 25.3. The fourth-order valence-electron chi connectivity index (χ4n) is 2.62. The lowest BCUT2D eigenvalue weighted by Crippen LogP contribution is -1.94. The molecule has 3 aromatic rings. The number of hydrogen-bond donors (Lipinski definition) is 0. The summed E-state index contributed by atoms with van der Waals surface area (Å²) in [7, 11) is 3.36. The first kappa shape index (κ1) is 14.2. The van der Waals surface area contributed by atoms with Crippen molar-refractivity contribution in [3.05, 3.63) is 72.8 Å². The minimum absolute atomic E-state index is 0.731. The van der Waals surface area contributed by atoms with Gasteiger partial charge in [-0.15, -0.1) is 0 Å². The Morgan fingerprint density at radius 3 is 2.18 bits per heavy atom. The Kier molecular flexibility index (Phi) is 4.10. The number of methoxy groups -OCH3 is 2. The van der Waals surface area contributed by atoms with Gasteiger partial charge in [0.15, 0.2) is 0 Å². The Hall–Kier alpha value is -2.74. The van der Waals surface area contributed by atoms with Crippen molar-refractivity contribution < 1.29 is 9.47 Å². The van der Waals surface area contributed by atoms with E-state index < -0.39 is 0 Å². The summed E-state index contributed by atoms with van der Waals surface area (Å²) in [5.41, 5.74) is 4.22. The molecule has 0 N–H and O–H groups in total. The van der Waals surface area contributed by atoms with Crippen LogP contribution < -0.4 is 9.47 Å². The van der Waals surface area contributed by atoms with E-state index in [2.05, 4.69) is 24.3 Å². The molecule has 0 aromatic heterocycles. The molecule has 3 rings (SSSR count). The predicted molar refractivity (Wildman–Crippen MR) is 89.3 cm³/mol. The molecule has 0 saturated carbocycles. The first-order valence-corrected chi connectivity index (χ1v) is 7.12. The Morgan fingerprint density at radius 1 is 0.727 bits per heavy atom. The van der Waals surface area contributed by atoms with Crippen molar-refractivity contribution in [3.63, 3.8) is 0 Å². The molecule has 0 fully saturated rings. The van der Waals surface area contributed by atoms with Crippen molar-refractivity contribution >= 4 is 0 Å². The number of para-hydroxylation sites is 1. The van der Waals surface area contributed by atoms with E-state index in [0.29, 0.717) is 0 Å². The zero-order valence-electron chi connectivity index (χ0n) is 12.7. The van der Waals surface area contributed by atoms with E-state index in [1.54, 1.807) is 14.2 Å². The van der Waals surface area contributed by atoms with E-state index in [1.165, 1.54) is 0 Å². The number of benzene rings is 3. The molecule has 109 valence electrons. The molecule has 0 bridgehead atoms. The van der Waals surface area contributed by atoms with Gasteiger partial charge in [0.25, 0.3) is 0 Å². The zero-order valence-corrected chi connectivity index (χ0v) is 12.7. The quantitative estimate of drug-likeness (QED) is 0.684. The summed E-state index contributed by atoms with van der Waals surface area (Å²) < 4.78 is 11.1. The molecule has 0 amide bonds. The van der Waals surface area contributed by atoms with Gasteiger partial charge in [-0.1, -0.05) is 54.6 Å². The van der Waals surface area contributed by atoms with Crippen molar-refractivity contribution in [2.45, 2.75) is 0 Å². The summed E-state index contributed by atoms with van der Waals surface area (Å²) in [6.45, 7) is 0. The summed E-state index contributed by atoms with van der Waals surface area (Å²) in [4.78, 5) is 0. The fraction of sp³-hybridized carbons (Fsp3) is 0.100. The molecule has 2 heteroatoms. The van der Waals surface area contributed by atoms with Crippen LogP contribution in [0.1, 0.15) is 0 Å². The van der Waals surface area contributed by atoms with Crippen molar-refractivity contribution in [1.29, 1.82) is 0 Å². The first-order valence-electron chi connectivity index (χ1n) is 7.12. The van der Waals surface area contributed by atoms with Gasteiger partial charge in [-0.2, -0.15) is 0 Å². The third kappa shape index (κ3) is 2.56. The Morgan fingerprint density at radius 2 is 1.45 bits per heavy atom. The third-order valence-electron chi connectivity index (χ3n) is 3.62. The standard InChI is InChI=1S/C20H17O2/c1-21-18-13-7-6-11-16(18)17-12-8-14-19(22-2)20(17)15-9-4-3-5-10-15/h3-13H,1-2H3. The molecular weight excluding hydrogens is 272 g/mol. The van der Waals surface area contributed by atoms with Crippen LogP contribution in [0.4, 0.5) is 0 Å². The minimum atomic E-state index is 0.731. The fourth-order valence-corrected chi connectivity index (χ4v) is 2.62. The van der Waals surface area contributed by atoms with Crippen LogP contribution in [0.3, 0.4) is 0 Å². The van der Waals surface area contributed by atoms with E-state index in [1.807, 2.05) is 48.5 Å². The van der Waals surface area contributed by atoms with Gasteiger partial charge in [0.2, 0.25) is 0 Å². The molecule has 0 spiro atoms. The van der Waals surface area contributed by atoms with Gasteiger partial charge in [-0.05, 0) is 23.3 Å². The van der Waals surface area contributed by atoms with Crippen LogP contribution in [0, 0.1) is 6.07 Å². The molecule has 0 aliphatic heterocycles. The van der Waals surface area contributed by atoms with Crippen LogP contribution in [0.2, 0.25) is 0 Å². The van der Waals surface area contributed by atoms with Crippen LogP contribution in [0.15, 0.2) is 66.7 Å². The van der Waals surface area contributed by atoms with Crippen molar-refractivity contribution in [1.82, 2.24) is 0 Å². The topological polar surface area (TPSA) is 18.5 Å². The number of rotatable bonds is 4. The molecule has 0 aliphatic carbocycles. The molecule has 0 heterocycles. The zero-order chi connectivity index (χ0) is 15.4. The maximum Gasteiger partial charge on any atom is 0.135 e. The Bertz CT molecular complexity index is 764. The molecule has 0 atom stereocenters. The van der Waals surface area contributed by atoms with E-state index >= 15 is 0 Å². The molecule has 0 saturated heterocycles. The highest BCUT2D eigenvalue weighted by Crippen LogP contribution is 2.41. The predicted octanol–water partition coefficient (Wildman–Crippen LogP) is 4.84. The SMILES string of the molecule is COc1[c]ccc(-c2ccccc2OC)c1-c1ccccc1. The van der Waals surface area contributed by atoms with E-state index in [0.717, 1.165) is 33.8 Å². The summed E-state index contributed by atoms with van der Waals surface area (Å²) >= 11 is 0. The molecule has 1 radical (unpaired) electrons. The monoisotopic (exact) mass is 289 g/mol. The van der Waals surface area contributed by atoms with Gasteiger partial charge in [-0.25, -0.2) is 0 Å². The van der Waals surface area contributed by atoms with Crippen molar-refractivity contribution in [2.75, 3.05) is 14.2 Å². The molecule has 2 nitrogen and oxygen atoms in total. The highest BCUT2D eigenvalue weighted by Gasteiger charge is 2.15. The first-order chi connectivity index (χ1) is 10.8. The van der Waals surface area contributed by atoms with Gasteiger partial charge >= 0.3 is 0 Å². The molecule has 3 aromatic carbocycles. The Balaban J connectivity index is 2.29. The lowest BCUT2D eigenvalue weighted by atomic mass is 9.93. The van der Waals surface area contributed by atoms with Gasteiger partial charge in [0.1, 0.15) is 11.5 Å². The molecule has 0 unspecified atom stereocenters. The lowest BCUT2D eigenvalue weighted by molar-refractivity contribution is 0.414. The van der Waals surface area contributed by atoms with Crippen molar-refractivity contribution in [3.8, 4) is 33.8 Å². The van der Waals surface area contributed by atoms with E-state index in [9.17, 15) is 0 Å². The second-order valence-electron chi connectivity index (χ2n) is 4.87. The summed E-state index contributed by atoms with van der Waals surface area (Å²) in [5.74, 6) is 1.57. The van der Waals surface area contributed by atoms with Gasteiger partial charge in [-0.3, -0.25) is 0 Å². The van der Waals surface area contributed by atoms with Crippen LogP contribution in [0.5, 0.6) is 11.5 Å². The van der Waals surface area contributed by atoms with Crippen LogP contribution in [-0.2, 0) is 0 Å². The second-order valence-corrected chi connectivity index (χ2v) is 4.87. The normalized spacial score (nSPS) is 10.3. The smallest absolute Gasteiger partial charge is 0.135 e. The maximum atomic E-state index is 5.54. The minimum Gasteiger partial charge on any atom is -0.496 e. The Labute approximate surface area is 131 Å². The average molecular weight is 289 g/mol. The third-order valence-corrected chi connectivity index (χ3v) is 3.62. The maximum absolute atomic E-state index is 5.54. The van der Waals surface area contributed by atoms with Gasteiger partial charge < -0.3 is 9.47 Å². The van der Waals surface area contributed by atoms with Crippen molar-refractivity contribution in [2.24, 2.45) is 0 Å². The molecule has 0 aliphatic rings. The van der Waals surface area contributed by atoms with E-state index in [-0.39, 0.29) is 0 Å². The van der Waals surface area contributed by atoms with Crippen LogP contribution in [-0.4, -0.2) is 14.2 Å². The molecule has 22 heavy (non-hydrogen) atoms. The summed E-state index contributed by atoms with van der Waals surface area (Å²) in [6.07, 6.45) is 0. The highest BCUT2D eigenvalue weighted by atomic mass is 16.5. The largest absolute Gasteiger partial charge is 0.496 e. The number of ether oxygens (including phenoxy) is 2. The second kappa shape index (κ2) is 6.35. The lowest BCUT2D eigenvalue weighted by Gasteiger charge is -2.16. The number of hydrogen-bond acceptors (Lipinski definition) is 2.